The highest BCUT2D eigenvalue weighted by Gasteiger charge is 2.38. The second-order valence-electron chi connectivity index (χ2n) is 6.26. The van der Waals surface area contributed by atoms with E-state index in [-0.39, 0.29) is 0 Å². The number of thiophene rings is 1. The van der Waals surface area contributed by atoms with Crippen LogP contribution in [0, 0.1) is 17.8 Å². The van der Waals surface area contributed by atoms with Crippen molar-refractivity contribution in [3.8, 4) is 0 Å². The molecule has 0 saturated heterocycles. The van der Waals surface area contributed by atoms with Gasteiger partial charge in [-0.1, -0.05) is 31.6 Å². The average Bonchev–Trinajstić information content (AvgIpc) is 3.14. The van der Waals surface area contributed by atoms with Gasteiger partial charge in [0, 0.05) is 17.0 Å². The molecule has 19 heavy (non-hydrogen) atoms. The molecule has 1 aromatic heterocycles. The Balaban J connectivity index is 1.63. The van der Waals surface area contributed by atoms with Gasteiger partial charge in [-0.25, -0.2) is 0 Å². The van der Waals surface area contributed by atoms with Gasteiger partial charge in [-0.15, -0.1) is 11.3 Å². The molecule has 2 heteroatoms. The minimum absolute atomic E-state index is 0.558. The molecule has 1 saturated carbocycles. The smallest absolute Gasteiger partial charge is 0.0416 e. The maximum atomic E-state index is 3.92. The standard InChI is InChI=1S/C17H25NS/c1-3-5-16(17-6-4-9-19-17)18-12(2)15-11-13-7-8-14(15)10-13/h4,6-9,12-16,18H,3,5,10-11H2,1-2H3. The number of allylic oxidation sites excluding steroid dienone is 2. The van der Waals surface area contributed by atoms with Crippen LogP contribution in [0.3, 0.4) is 0 Å². The predicted octanol–water partition coefficient (Wildman–Crippen LogP) is 4.78. The molecule has 5 atom stereocenters. The third kappa shape index (κ3) is 2.80. The Labute approximate surface area is 121 Å². The predicted molar refractivity (Wildman–Crippen MR) is 83.4 cm³/mol. The van der Waals surface area contributed by atoms with Crippen LogP contribution in [0.1, 0.15) is 50.4 Å². The minimum Gasteiger partial charge on any atom is -0.306 e. The lowest BCUT2D eigenvalue weighted by Gasteiger charge is -2.30. The van der Waals surface area contributed by atoms with Crippen LogP contribution in [-0.4, -0.2) is 6.04 Å². The van der Waals surface area contributed by atoms with Gasteiger partial charge in [0.15, 0.2) is 0 Å². The molecule has 0 radical (unpaired) electrons. The van der Waals surface area contributed by atoms with Crippen molar-refractivity contribution in [1.82, 2.24) is 5.32 Å². The molecule has 0 amide bonds. The second kappa shape index (κ2) is 5.80. The third-order valence-electron chi connectivity index (χ3n) is 4.90. The Morgan fingerprint density at radius 1 is 1.37 bits per heavy atom. The molecule has 0 aromatic carbocycles. The van der Waals surface area contributed by atoms with E-state index in [0.717, 1.165) is 17.8 Å². The zero-order valence-corrected chi connectivity index (χ0v) is 12.8. The Morgan fingerprint density at radius 3 is 2.84 bits per heavy atom. The van der Waals surface area contributed by atoms with Crippen LogP contribution in [0.5, 0.6) is 0 Å². The molecule has 0 aliphatic heterocycles. The van der Waals surface area contributed by atoms with Crippen molar-refractivity contribution in [2.24, 2.45) is 17.8 Å². The van der Waals surface area contributed by atoms with E-state index in [1.807, 2.05) is 11.3 Å². The van der Waals surface area contributed by atoms with Crippen LogP contribution in [0.2, 0.25) is 0 Å². The van der Waals surface area contributed by atoms with Gasteiger partial charge >= 0.3 is 0 Å². The fraction of sp³-hybridized carbons (Fsp3) is 0.647. The first kappa shape index (κ1) is 13.4. The van der Waals surface area contributed by atoms with Gasteiger partial charge in [0.25, 0.3) is 0 Å². The summed E-state index contributed by atoms with van der Waals surface area (Å²) in [4.78, 5) is 1.51. The molecule has 104 valence electrons. The SMILES string of the molecule is CCCC(NC(C)C1CC2C=CC1C2)c1cccs1. The topological polar surface area (TPSA) is 12.0 Å². The molecule has 2 bridgehead atoms. The Hall–Kier alpha value is -0.600. The second-order valence-corrected chi connectivity index (χ2v) is 7.24. The van der Waals surface area contributed by atoms with Gasteiger partial charge in [-0.2, -0.15) is 0 Å². The molecule has 1 nitrogen and oxygen atoms in total. The van der Waals surface area contributed by atoms with Crippen molar-refractivity contribution < 1.29 is 0 Å². The first-order valence-corrected chi connectivity index (χ1v) is 8.63. The first-order valence-electron chi connectivity index (χ1n) is 7.75. The lowest BCUT2D eigenvalue weighted by atomic mass is 9.87. The van der Waals surface area contributed by atoms with Gasteiger partial charge in [-0.3, -0.25) is 0 Å². The summed E-state index contributed by atoms with van der Waals surface area (Å²) in [6.07, 6.45) is 10.2. The van der Waals surface area contributed by atoms with E-state index in [2.05, 4.69) is 48.8 Å². The van der Waals surface area contributed by atoms with E-state index in [1.54, 1.807) is 0 Å². The number of hydrogen-bond acceptors (Lipinski definition) is 2. The highest BCUT2D eigenvalue weighted by Crippen LogP contribution is 2.45. The van der Waals surface area contributed by atoms with E-state index in [4.69, 9.17) is 0 Å². The molecule has 3 rings (SSSR count). The summed E-state index contributed by atoms with van der Waals surface area (Å²) < 4.78 is 0. The molecule has 5 unspecified atom stereocenters. The fourth-order valence-corrected chi connectivity index (χ4v) is 4.75. The van der Waals surface area contributed by atoms with Crippen LogP contribution in [-0.2, 0) is 0 Å². The van der Waals surface area contributed by atoms with E-state index < -0.39 is 0 Å². The van der Waals surface area contributed by atoms with Crippen molar-refractivity contribution in [1.29, 1.82) is 0 Å². The summed E-state index contributed by atoms with van der Waals surface area (Å²) in [7, 11) is 0. The summed E-state index contributed by atoms with van der Waals surface area (Å²) in [6.45, 7) is 4.68. The zero-order valence-electron chi connectivity index (χ0n) is 12.0. The van der Waals surface area contributed by atoms with Gasteiger partial charge in [0.2, 0.25) is 0 Å². The molecular weight excluding hydrogens is 250 g/mol. The van der Waals surface area contributed by atoms with Crippen LogP contribution < -0.4 is 5.32 Å². The number of hydrogen-bond donors (Lipinski definition) is 1. The number of rotatable bonds is 6. The fourth-order valence-electron chi connectivity index (χ4n) is 3.93. The van der Waals surface area contributed by atoms with Crippen molar-refractivity contribution in [3.05, 3.63) is 34.5 Å². The van der Waals surface area contributed by atoms with E-state index >= 15 is 0 Å². The van der Waals surface area contributed by atoms with Crippen molar-refractivity contribution in [2.75, 3.05) is 0 Å². The van der Waals surface area contributed by atoms with Crippen LogP contribution >= 0.6 is 11.3 Å². The summed E-state index contributed by atoms with van der Waals surface area (Å²) >= 11 is 1.89. The maximum Gasteiger partial charge on any atom is 0.0416 e. The summed E-state index contributed by atoms with van der Waals surface area (Å²) in [5, 5.41) is 6.12. The normalized spacial score (nSPS) is 31.8. The molecule has 1 heterocycles. The van der Waals surface area contributed by atoms with E-state index in [1.165, 1.54) is 30.6 Å². The van der Waals surface area contributed by atoms with Gasteiger partial charge < -0.3 is 5.32 Å². The molecule has 2 aliphatic carbocycles. The molecule has 2 aliphatic rings. The Kier molecular flexibility index (Phi) is 4.09. The molecule has 1 fully saturated rings. The van der Waals surface area contributed by atoms with Crippen LogP contribution in [0.4, 0.5) is 0 Å². The highest BCUT2D eigenvalue weighted by molar-refractivity contribution is 7.10. The number of fused-ring (bicyclic) bond motifs is 2. The lowest BCUT2D eigenvalue weighted by Crippen LogP contribution is -2.37. The van der Waals surface area contributed by atoms with Crippen molar-refractivity contribution >= 4 is 11.3 Å². The maximum absolute atomic E-state index is 3.92. The first-order chi connectivity index (χ1) is 9.28. The van der Waals surface area contributed by atoms with Gasteiger partial charge in [-0.05, 0) is 55.4 Å². The van der Waals surface area contributed by atoms with E-state index in [0.29, 0.717) is 12.1 Å². The molecule has 1 N–H and O–H groups in total. The monoisotopic (exact) mass is 275 g/mol. The largest absolute Gasteiger partial charge is 0.306 e. The van der Waals surface area contributed by atoms with Crippen LogP contribution in [0.25, 0.3) is 0 Å². The summed E-state index contributed by atoms with van der Waals surface area (Å²) in [6, 6.07) is 5.66. The molecular formula is C17H25NS. The summed E-state index contributed by atoms with van der Waals surface area (Å²) in [5.74, 6) is 2.58. The third-order valence-corrected chi connectivity index (χ3v) is 5.89. The van der Waals surface area contributed by atoms with Gasteiger partial charge in [0.05, 0.1) is 0 Å². The average molecular weight is 275 g/mol. The minimum atomic E-state index is 0.558. The zero-order chi connectivity index (χ0) is 13.2. The van der Waals surface area contributed by atoms with E-state index in [9.17, 15) is 0 Å². The Bertz CT molecular complexity index is 422. The molecule has 0 spiro atoms. The summed E-state index contributed by atoms with van der Waals surface area (Å²) in [5.41, 5.74) is 0. The van der Waals surface area contributed by atoms with Gasteiger partial charge in [0.1, 0.15) is 0 Å². The lowest BCUT2D eigenvalue weighted by molar-refractivity contribution is 0.296. The van der Waals surface area contributed by atoms with Crippen molar-refractivity contribution in [2.45, 2.75) is 51.6 Å². The van der Waals surface area contributed by atoms with Crippen LogP contribution in [0.15, 0.2) is 29.7 Å². The Morgan fingerprint density at radius 2 is 2.26 bits per heavy atom. The quantitative estimate of drug-likeness (QED) is 0.737. The van der Waals surface area contributed by atoms with Crippen molar-refractivity contribution in [3.63, 3.8) is 0 Å². The number of nitrogens with one attached hydrogen (secondary N) is 1. The molecule has 1 aromatic rings. The highest BCUT2D eigenvalue weighted by atomic mass is 32.1.